The Morgan fingerprint density at radius 3 is 1.29 bits per heavy atom. The number of benzene rings is 6. The molecule has 5 heterocycles. The molecule has 6 nitrogen and oxygen atoms in total. The van der Waals surface area contributed by atoms with Gasteiger partial charge >= 0.3 is 0 Å². The summed E-state index contributed by atoms with van der Waals surface area (Å²) in [5.41, 5.74) is 15.5. The van der Waals surface area contributed by atoms with Gasteiger partial charge < -0.3 is 4.74 Å². The van der Waals surface area contributed by atoms with E-state index in [0.717, 1.165) is 78.9 Å². The molecule has 0 N–H and O–H groups in total. The molecule has 0 unspecified atom stereocenters. The molecule has 0 fully saturated rings. The van der Waals surface area contributed by atoms with Gasteiger partial charge in [0.1, 0.15) is 11.5 Å². The van der Waals surface area contributed by atoms with Gasteiger partial charge in [-0.15, -0.1) is 0 Å². The van der Waals surface area contributed by atoms with Crippen molar-refractivity contribution in [1.29, 1.82) is 0 Å². The Hall–Kier alpha value is -8.35. The highest BCUT2D eigenvalue weighted by Crippen LogP contribution is 2.64. The minimum atomic E-state index is -0.734. The summed E-state index contributed by atoms with van der Waals surface area (Å²) in [6.45, 7) is 0. The number of para-hydroxylation sites is 2. The number of aromatic nitrogens is 5. The molecule has 2 aliphatic rings. The van der Waals surface area contributed by atoms with Gasteiger partial charge in [0, 0.05) is 40.2 Å². The lowest BCUT2D eigenvalue weighted by Gasteiger charge is -2.40. The van der Waals surface area contributed by atoms with Gasteiger partial charge in [0.05, 0.1) is 45.1 Å². The van der Waals surface area contributed by atoms with E-state index in [1.165, 1.54) is 22.3 Å². The maximum Gasteiger partial charge on any atom is 0.164 e. The number of hydrogen-bond acceptors (Lipinski definition) is 6. The first-order valence-corrected chi connectivity index (χ1v) is 20.7. The van der Waals surface area contributed by atoms with E-state index in [2.05, 4.69) is 127 Å². The molecule has 0 bridgehead atoms. The van der Waals surface area contributed by atoms with Crippen molar-refractivity contribution in [3.8, 4) is 90.4 Å². The first kappa shape index (κ1) is 35.6. The summed E-state index contributed by atoms with van der Waals surface area (Å²) in [4.78, 5) is 25.2. The van der Waals surface area contributed by atoms with Gasteiger partial charge in [0.25, 0.3) is 0 Å². The lowest BCUT2D eigenvalue weighted by atomic mass is 9.65. The summed E-state index contributed by atoms with van der Waals surface area (Å²) in [5.74, 6) is 2.05. The number of pyridine rings is 3. The average molecular weight is 794 g/mol. The summed E-state index contributed by atoms with van der Waals surface area (Å²) < 4.78 is 7.52. The summed E-state index contributed by atoms with van der Waals surface area (Å²) in [5, 5.41) is 0. The van der Waals surface area contributed by atoms with E-state index in [1.54, 1.807) is 12.4 Å². The van der Waals surface area contributed by atoms with Gasteiger partial charge in [-0.25, -0.2) is 15.0 Å². The summed E-state index contributed by atoms with van der Waals surface area (Å²) in [7, 11) is 0. The number of rotatable bonds is 6. The minimum Gasteiger partial charge on any atom is -0.455 e. The van der Waals surface area contributed by atoms with E-state index in [1.807, 2.05) is 72.8 Å². The van der Waals surface area contributed by atoms with Crippen LogP contribution in [0.1, 0.15) is 22.3 Å². The Balaban J connectivity index is 1.16. The molecule has 62 heavy (non-hydrogen) atoms. The molecule has 6 heteroatoms. The van der Waals surface area contributed by atoms with Crippen molar-refractivity contribution < 1.29 is 4.74 Å². The molecular weight excluding hydrogens is 759 g/mol. The van der Waals surface area contributed by atoms with Crippen LogP contribution in [0.3, 0.4) is 0 Å². The van der Waals surface area contributed by atoms with Crippen LogP contribution in [0.25, 0.3) is 78.9 Å². The fourth-order valence-electron chi connectivity index (χ4n) is 9.41. The molecule has 1 aliphatic carbocycles. The molecule has 10 aromatic rings. The van der Waals surface area contributed by atoms with Gasteiger partial charge in [0.15, 0.2) is 5.82 Å². The molecule has 0 saturated heterocycles. The highest BCUT2D eigenvalue weighted by molar-refractivity contribution is 5.92. The van der Waals surface area contributed by atoms with Crippen LogP contribution in [0.5, 0.6) is 11.5 Å². The summed E-state index contributed by atoms with van der Waals surface area (Å²) >= 11 is 0. The fraction of sp³-hybridized carbons (Fsp3) is 0.0179. The quantitative estimate of drug-likeness (QED) is 0.167. The predicted octanol–water partition coefficient (Wildman–Crippen LogP) is 13.1. The smallest absolute Gasteiger partial charge is 0.164 e. The van der Waals surface area contributed by atoms with E-state index in [9.17, 15) is 0 Å². The first-order chi connectivity index (χ1) is 30.7. The van der Waals surface area contributed by atoms with Crippen LogP contribution in [0.15, 0.2) is 213 Å². The van der Waals surface area contributed by atoms with Crippen LogP contribution in [0.4, 0.5) is 0 Å². The van der Waals surface area contributed by atoms with Crippen molar-refractivity contribution >= 4 is 0 Å². The van der Waals surface area contributed by atoms with Crippen LogP contribution in [-0.2, 0) is 5.41 Å². The molecule has 0 amide bonds. The van der Waals surface area contributed by atoms with Crippen molar-refractivity contribution in [1.82, 2.24) is 24.9 Å². The number of nitrogens with zero attached hydrogens (tertiary/aromatic N) is 5. The van der Waals surface area contributed by atoms with Gasteiger partial charge in [-0.2, -0.15) is 0 Å². The van der Waals surface area contributed by atoms with Gasteiger partial charge in [-0.05, 0) is 76.3 Å². The van der Waals surface area contributed by atoms with Gasteiger partial charge in [-0.3, -0.25) is 9.97 Å². The third kappa shape index (κ3) is 5.61. The molecule has 0 radical (unpaired) electrons. The zero-order valence-corrected chi connectivity index (χ0v) is 33.4. The van der Waals surface area contributed by atoms with Gasteiger partial charge in [-0.1, -0.05) is 152 Å². The first-order valence-electron chi connectivity index (χ1n) is 20.7. The third-order valence-electron chi connectivity index (χ3n) is 12.1. The van der Waals surface area contributed by atoms with Crippen LogP contribution in [-0.4, -0.2) is 24.9 Å². The van der Waals surface area contributed by atoms with Crippen molar-refractivity contribution in [3.05, 3.63) is 235 Å². The zero-order chi connectivity index (χ0) is 41.0. The topological polar surface area (TPSA) is 73.7 Å². The molecule has 12 rings (SSSR count). The number of hydrogen-bond donors (Lipinski definition) is 0. The highest BCUT2D eigenvalue weighted by atomic mass is 16.5. The van der Waals surface area contributed by atoms with Crippen molar-refractivity contribution in [3.63, 3.8) is 0 Å². The van der Waals surface area contributed by atoms with Gasteiger partial charge in [0.2, 0.25) is 0 Å². The van der Waals surface area contributed by atoms with Crippen molar-refractivity contribution in [2.75, 3.05) is 0 Å². The van der Waals surface area contributed by atoms with E-state index in [0.29, 0.717) is 11.6 Å². The number of fused-ring (bicyclic) bond motifs is 9. The lowest BCUT2D eigenvalue weighted by molar-refractivity contribution is 0.439. The van der Waals surface area contributed by atoms with Crippen LogP contribution in [0.2, 0.25) is 0 Å². The van der Waals surface area contributed by atoms with Crippen LogP contribution < -0.4 is 4.74 Å². The molecule has 0 saturated carbocycles. The molecule has 290 valence electrons. The van der Waals surface area contributed by atoms with E-state index in [-0.39, 0.29) is 0 Å². The second-order valence-electron chi connectivity index (χ2n) is 15.6. The zero-order valence-electron chi connectivity index (χ0n) is 33.4. The maximum atomic E-state index is 7.52. The Bertz CT molecular complexity index is 2980. The molecule has 1 aliphatic heterocycles. The Labute approximate surface area is 359 Å². The highest BCUT2D eigenvalue weighted by Gasteiger charge is 2.52. The number of ether oxygens (including phenoxy) is 1. The Morgan fingerprint density at radius 1 is 0.306 bits per heavy atom. The normalized spacial score (nSPS) is 12.8. The summed E-state index contributed by atoms with van der Waals surface area (Å²) in [6.07, 6.45) is 3.60. The Kier molecular flexibility index (Phi) is 8.28. The molecular formula is C56H35N5O. The van der Waals surface area contributed by atoms with E-state index in [4.69, 9.17) is 29.7 Å². The monoisotopic (exact) mass is 793 g/mol. The minimum absolute atomic E-state index is 0.580. The molecule has 4 aromatic heterocycles. The SMILES string of the molecule is c1ccc(-c2cc(-c3ccccc3)nc(-c3cccc4c3Oc3c(-c5cc(-c6ccccn6)nc(-c6ccccn6)c5)cccc3C43c4ccccc4-c4ccccc43)n2)cc1. The molecule has 1 spiro atoms. The standard InChI is InChI=1S/C56H35N5O/c1-3-17-36(18-4-1)49-35-50(37-19-5-2-6-20-37)61-55(60-49)42-24-16-28-46-54(42)62-53-39(38-33-51(47-29-11-13-31-57-47)59-52(34-38)48-30-12-14-32-58-48)23-15-27-45(53)56(46)43-25-9-7-21-40(43)41-22-8-10-26-44(41)56/h1-35H. The molecule has 6 aromatic carbocycles. The van der Waals surface area contributed by atoms with E-state index < -0.39 is 5.41 Å². The van der Waals surface area contributed by atoms with Crippen molar-refractivity contribution in [2.45, 2.75) is 5.41 Å². The van der Waals surface area contributed by atoms with Crippen LogP contribution in [0, 0.1) is 0 Å². The largest absolute Gasteiger partial charge is 0.455 e. The second-order valence-corrected chi connectivity index (χ2v) is 15.6. The van der Waals surface area contributed by atoms with Crippen LogP contribution >= 0.6 is 0 Å². The molecule has 0 atom stereocenters. The third-order valence-corrected chi connectivity index (χ3v) is 12.1. The summed E-state index contributed by atoms with van der Waals surface area (Å²) in [6, 6.07) is 69.2. The van der Waals surface area contributed by atoms with E-state index >= 15 is 0 Å². The Morgan fingerprint density at radius 2 is 0.758 bits per heavy atom. The second kappa shape index (κ2) is 14.4. The predicted molar refractivity (Wildman–Crippen MR) is 245 cm³/mol. The van der Waals surface area contributed by atoms with Crippen molar-refractivity contribution in [2.24, 2.45) is 0 Å². The fourth-order valence-corrected chi connectivity index (χ4v) is 9.41. The maximum absolute atomic E-state index is 7.52. The average Bonchev–Trinajstić information content (AvgIpc) is 3.65. The lowest BCUT2D eigenvalue weighted by Crippen LogP contribution is -2.32.